The van der Waals surface area contributed by atoms with Gasteiger partial charge < -0.3 is 45.6 Å². The zero-order chi connectivity index (χ0) is 30.1. The Labute approximate surface area is 240 Å². The van der Waals surface area contributed by atoms with Crippen LogP contribution in [-0.2, 0) is 10.2 Å². The van der Waals surface area contributed by atoms with Gasteiger partial charge in [-0.2, -0.15) is 0 Å². The number of aromatic amines is 2. The molecule has 7 N–H and O–H groups in total. The number of aromatic nitrogens is 2. The van der Waals surface area contributed by atoms with E-state index in [1.807, 2.05) is 0 Å². The average Bonchev–Trinajstić information content (AvgIpc) is 3.27. The maximum atomic E-state index is 13.7. The molecule has 0 bridgehead atoms. The van der Waals surface area contributed by atoms with Crippen LogP contribution in [0.15, 0.2) is 59.0 Å². The van der Waals surface area contributed by atoms with Crippen molar-refractivity contribution in [3.05, 3.63) is 81.6 Å². The number of fused-ring (bicyclic) bond motifs is 2. The number of phenols is 1. The predicted molar refractivity (Wildman–Crippen MR) is 152 cm³/mol. The van der Waals surface area contributed by atoms with E-state index in [9.17, 15) is 24.6 Å². The van der Waals surface area contributed by atoms with Gasteiger partial charge in [-0.05, 0) is 49.4 Å². The number of aliphatic hydroxyl groups is 1. The highest BCUT2D eigenvalue weighted by atomic mass is 16.5. The van der Waals surface area contributed by atoms with Crippen molar-refractivity contribution in [2.45, 2.75) is 32.1 Å². The molecule has 2 aliphatic carbocycles. The third-order valence-electron chi connectivity index (χ3n) is 8.39. The number of ether oxygens (including phenoxy) is 2. The van der Waals surface area contributed by atoms with Gasteiger partial charge in [0.15, 0.2) is 23.0 Å². The fourth-order valence-electron chi connectivity index (χ4n) is 6.28. The Balaban J connectivity index is 1.29. The fourth-order valence-corrected chi connectivity index (χ4v) is 6.28. The molecule has 12 heteroatoms. The Kier molecular flexibility index (Phi) is 6.10. The van der Waals surface area contributed by atoms with E-state index < -0.39 is 11.3 Å². The molecule has 1 saturated heterocycles. The second-order valence-corrected chi connectivity index (χ2v) is 10.8. The van der Waals surface area contributed by atoms with Gasteiger partial charge in [0.25, 0.3) is 11.8 Å². The minimum atomic E-state index is -0.546. The number of carbonyl (C=O) groups is 3. The number of rotatable bonds is 7. The van der Waals surface area contributed by atoms with Crippen molar-refractivity contribution >= 4 is 28.5 Å². The fraction of sp³-hybridized carbons (Fsp3) is 0.300. The predicted octanol–water partition coefficient (Wildman–Crippen LogP) is 3.45. The summed E-state index contributed by atoms with van der Waals surface area (Å²) in [6, 6.07) is 6.46. The molecule has 1 unspecified atom stereocenters. The molecule has 2 amide bonds. The van der Waals surface area contributed by atoms with E-state index in [2.05, 4.69) is 15.3 Å². The first-order valence-electron chi connectivity index (χ1n) is 13.5. The van der Waals surface area contributed by atoms with Crippen LogP contribution in [0, 0.1) is 5.92 Å². The molecule has 2 atom stereocenters. The Morgan fingerprint density at radius 1 is 1.19 bits per heavy atom. The van der Waals surface area contributed by atoms with E-state index in [1.54, 1.807) is 36.9 Å². The maximum absolute atomic E-state index is 13.7. The number of amides is 2. The second-order valence-electron chi connectivity index (χ2n) is 10.8. The zero-order valence-corrected chi connectivity index (χ0v) is 23.5. The van der Waals surface area contributed by atoms with Crippen molar-refractivity contribution in [1.82, 2.24) is 20.2 Å². The van der Waals surface area contributed by atoms with Crippen LogP contribution in [0.1, 0.15) is 63.7 Å². The summed E-state index contributed by atoms with van der Waals surface area (Å²) in [6.07, 6.45) is 2.51. The van der Waals surface area contributed by atoms with Crippen LogP contribution in [0.25, 0.3) is 10.9 Å². The smallest absolute Gasteiger partial charge is 0.274 e. The molecule has 3 aromatic rings. The van der Waals surface area contributed by atoms with E-state index in [0.29, 0.717) is 40.1 Å². The summed E-state index contributed by atoms with van der Waals surface area (Å²) >= 11 is 0. The lowest BCUT2D eigenvalue weighted by atomic mass is 9.85. The summed E-state index contributed by atoms with van der Waals surface area (Å²) in [5, 5.41) is 24.1. The molecule has 3 heterocycles. The number of H-pyrrole nitrogens is 2. The largest absolute Gasteiger partial charge is 0.504 e. The third kappa shape index (κ3) is 3.85. The summed E-state index contributed by atoms with van der Waals surface area (Å²) in [5.74, 6) is -1.04. The van der Waals surface area contributed by atoms with Gasteiger partial charge in [-0.25, -0.2) is 0 Å². The Morgan fingerprint density at radius 3 is 2.62 bits per heavy atom. The third-order valence-corrected chi connectivity index (χ3v) is 8.39. The topological polar surface area (TPSA) is 183 Å². The van der Waals surface area contributed by atoms with Crippen LogP contribution >= 0.6 is 0 Å². The van der Waals surface area contributed by atoms with Gasteiger partial charge in [0, 0.05) is 40.7 Å². The molecule has 3 aliphatic rings. The molecule has 2 aromatic heterocycles. The van der Waals surface area contributed by atoms with Gasteiger partial charge >= 0.3 is 0 Å². The maximum Gasteiger partial charge on any atom is 0.274 e. The van der Waals surface area contributed by atoms with Gasteiger partial charge in [0.2, 0.25) is 5.78 Å². The number of benzene rings is 1. The number of hydrogen-bond donors (Lipinski definition) is 6. The van der Waals surface area contributed by atoms with E-state index in [4.69, 9.17) is 15.2 Å². The second kappa shape index (κ2) is 9.47. The van der Waals surface area contributed by atoms with Gasteiger partial charge in [-0.15, -0.1) is 0 Å². The molecular weight excluding hydrogens is 542 g/mol. The highest BCUT2D eigenvalue weighted by molar-refractivity contribution is 6.10. The minimum Gasteiger partial charge on any atom is -0.504 e. The highest BCUT2D eigenvalue weighted by Gasteiger charge is 2.68. The van der Waals surface area contributed by atoms with Gasteiger partial charge in [-0.3, -0.25) is 14.4 Å². The summed E-state index contributed by atoms with van der Waals surface area (Å²) < 4.78 is 10.3. The molecule has 2 fully saturated rings. The Bertz CT molecular complexity index is 1790. The standard InChI is InChI=1S/C30H31N5O7/c1-5-17(26(38)27(42-4)13(2)31)34-28(39)19-8-16-25(33-19)22(37)10-24-30(16)11-15(30)12-35(24)29(40)20-6-14-7-21(36)23(41-3)9-18(14)32-20/h6-10,15,32-33,36,38H,5,11-12,31H2,1-4H3,(H,34,39)/b26-17-,27-13-/t15?,30-/m1/s1. The number of aromatic hydroxyl groups is 1. The number of likely N-dealkylation sites (tertiary alicyclic amines) is 1. The lowest BCUT2D eigenvalue weighted by molar-refractivity contribution is 0.0806. The number of methoxy groups -OCH3 is 2. The minimum absolute atomic E-state index is 0.0355. The van der Waals surface area contributed by atoms with Gasteiger partial charge in [0.05, 0.1) is 31.3 Å². The molecule has 42 heavy (non-hydrogen) atoms. The normalized spacial score (nSPS) is 21.5. The highest BCUT2D eigenvalue weighted by Crippen LogP contribution is 2.66. The van der Waals surface area contributed by atoms with Crippen molar-refractivity contribution in [2.75, 3.05) is 20.8 Å². The number of ketones is 1. The lowest BCUT2D eigenvalue weighted by Crippen LogP contribution is -2.33. The first kappa shape index (κ1) is 27.1. The summed E-state index contributed by atoms with van der Waals surface area (Å²) in [5.41, 5.74) is 8.42. The Morgan fingerprint density at radius 2 is 1.95 bits per heavy atom. The number of aliphatic hydroxyl groups excluding tert-OH is 1. The van der Waals surface area contributed by atoms with Crippen molar-refractivity contribution in [3.63, 3.8) is 0 Å². The van der Waals surface area contributed by atoms with E-state index in [-0.39, 0.29) is 64.1 Å². The van der Waals surface area contributed by atoms with Crippen molar-refractivity contribution in [3.8, 4) is 11.5 Å². The van der Waals surface area contributed by atoms with Crippen molar-refractivity contribution in [1.29, 1.82) is 0 Å². The molecule has 1 aliphatic heterocycles. The molecule has 12 nitrogen and oxygen atoms in total. The average molecular weight is 574 g/mol. The first-order valence-corrected chi connectivity index (χ1v) is 13.5. The summed E-state index contributed by atoms with van der Waals surface area (Å²) in [7, 11) is 2.82. The van der Waals surface area contributed by atoms with Gasteiger partial charge in [0.1, 0.15) is 11.4 Å². The first-order chi connectivity index (χ1) is 20.0. The van der Waals surface area contributed by atoms with Crippen LogP contribution < -0.4 is 15.8 Å². The monoisotopic (exact) mass is 573 g/mol. The molecule has 1 aromatic carbocycles. The quantitative estimate of drug-likeness (QED) is 0.183. The number of piperidine rings is 1. The van der Waals surface area contributed by atoms with E-state index in [0.717, 1.165) is 6.42 Å². The summed E-state index contributed by atoms with van der Waals surface area (Å²) in [6.45, 7) is 3.75. The molecule has 218 valence electrons. The molecule has 1 saturated carbocycles. The zero-order valence-electron chi connectivity index (χ0n) is 23.5. The van der Waals surface area contributed by atoms with Crippen LogP contribution in [0.4, 0.5) is 0 Å². The number of nitrogens with two attached hydrogens (primary N) is 1. The van der Waals surface area contributed by atoms with Crippen LogP contribution in [-0.4, -0.2) is 63.4 Å². The van der Waals surface area contributed by atoms with Gasteiger partial charge in [-0.1, -0.05) is 6.92 Å². The van der Waals surface area contributed by atoms with Crippen LogP contribution in [0.2, 0.25) is 0 Å². The lowest BCUT2D eigenvalue weighted by Gasteiger charge is -2.27. The number of hydrogen-bond acceptors (Lipinski definition) is 8. The van der Waals surface area contributed by atoms with E-state index >= 15 is 0 Å². The molecule has 0 radical (unpaired) electrons. The van der Waals surface area contributed by atoms with Crippen molar-refractivity contribution in [2.24, 2.45) is 11.7 Å². The number of nitrogens with zero attached hydrogens (tertiary/aromatic N) is 1. The number of allylic oxidation sites excluding steroid dienone is 4. The number of nitrogens with one attached hydrogen (secondary N) is 3. The number of carbonyl (C=O) groups excluding carboxylic acids is 3. The molecule has 6 rings (SSSR count). The van der Waals surface area contributed by atoms with Crippen LogP contribution in [0.3, 0.4) is 0 Å². The SMILES string of the molecule is CC/C(NC(=O)c1cc2c([nH]1)C(=O)C=C1N(C(=O)c3cc4cc(O)c(OC)cc4[nH]3)CC3C[C@]123)=C(O)\C(OC)=C(/C)N. The van der Waals surface area contributed by atoms with E-state index in [1.165, 1.54) is 26.4 Å². The molecule has 1 spiro atoms. The van der Waals surface area contributed by atoms with Crippen molar-refractivity contribution < 1.29 is 34.1 Å². The molecular formula is C30H31N5O7. The number of phenolic OH excluding ortho intramolecular Hbond substituents is 1. The summed E-state index contributed by atoms with van der Waals surface area (Å²) in [4.78, 5) is 47.9. The Hall–Kier alpha value is -5.13. The van der Waals surface area contributed by atoms with Crippen LogP contribution in [0.5, 0.6) is 11.5 Å².